The molecule has 7 nitrogen and oxygen atoms in total. The lowest BCUT2D eigenvalue weighted by molar-refractivity contribution is -0.145. The first-order valence-electron chi connectivity index (χ1n) is 7.69. The molecule has 1 aliphatic rings. The second-order valence-electron chi connectivity index (χ2n) is 6.15. The monoisotopic (exact) mass is 316 g/mol. The van der Waals surface area contributed by atoms with Crippen LogP contribution in [-0.2, 0) is 16.0 Å². The van der Waals surface area contributed by atoms with Gasteiger partial charge in [-0.1, -0.05) is 11.2 Å². The van der Waals surface area contributed by atoms with Crippen LogP contribution in [0.4, 0.5) is 0 Å². The summed E-state index contributed by atoms with van der Waals surface area (Å²) in [7, 11) is 0. The molecule has 0 aliphatic carbocycles. The molecule has 0 saturated carbocycles. The predicted molar refractivity (Wildman–Crippen MR) is 82.5 cm³/mol. The number of nitrogens with zero attached hydrogens (tertiary/aromatic N) is 4. The van der Waals surface area contributed by atoms with Gasteiger partial charge in [-0.05, 0) is 26.0 Å². The zero-order valence-corrected chi connectivity index (χ0v) is 13.4. The van der Waals surface area contributed by atoms with Gasteiger partial charge in [-0.15, -0.1) is 0 Å². The number of hydrogen-bond donors (Lipinski definition) is 0. The van der Waals surface area contributed by atoms with Crippen LogP contribution in [0.2, 0.25) is 0 Å². The minimum absolute atomic E-state index is 0.0824. The molecule has 1 amide bonds. The Morgan fingerprint density at radius 3 is 3.00 bits per heavy atom. The van der Waals surface area contributed by atoms with Crippen LogP contribution in [-0.4, -0.2) is 51.2 Å². The third-order valence-corrected chi connectivity index (χ3v) is 3.69. The van der Waals surface area contributed by atoms with E-state index in [4.69, 9.17) is 9.26 Å². The quantitative estimate of drug-likeness (QED) is 0.854. The number of rotatable bonds is 4. The molecule has 7 heteroatoms. The number of pyridine rings is 1. The van der Waals surface area contributed by atoms with Crippen molar-refractivity contribution < 1.29 is 14.1 Å². The molecule has 3 heterocycles. The van der Waals surface area contributed by atoms with Crippen LogP contribution in [0.1, 0.15) is 26.2 Å². The highest BCUT2D eigenvalue weighted by Gasteiger charge is 2.29. The highest BCUT2D eigenvalue weighted by atomic mass is 16.5. The van der Waals surface area contributed by atoms with Crippen LogP contribution in [0, 0.1) is 0 Å². The molecular formula is C16H20N4O3. The smallest absolute Gasteiger partial charge is 0.227 e. The predicted octanol–water partition coefficient (Wildman–Crippen LogP) is 1.70. The molecule has 0 bridgehead atoms. The van der Waals surface area contributed by atoms with Crippen molar-refractivity contribution in [1.29, 1.82) is 0 Å². The normalized spacial score (nSPS) is 17.2. The molecule has 1 fully saturated rings. The van der Waals surface area contributed by atoms with Crippen molar-refractivity contribution in [3.63, 3.8) is 0 Å². The lowest BCUT2D eigenvalue weighted by Crippen LogP contribution is -2.50. The molecule has 23 heavy (non-hydrogen) atoms. The Labute approximate surface area is 134 Å². The molecule has 0 aromatic carbocycles. The van der Waals surface area contributed by atoms with Crippen molar-refractivity contribution in [2.24, 2.45) is 0 Å². The summed E-state index contributed by atoms with van der Waals surface area (Å²) in [5.74, 6) is 0.978. The number of carbonyl (C=O) groups is 1. The van der Waals surface area contributed by atoms with Crippen LogP contribution >= 0.6 is 0 Å². The zero-order valence-electron chi connectivity index (χ0n) is 13.4. The van der Waals surface area contributed by atoms with Crippen molar-refractivity contribution in [2.75, 3.05) is 19.7 Å². The Balaban J connectivity index is 1.56. The number of amides is 1. The van der Waals surface area contributed by atoms with E-state index >= 15 is 0 Å². The first-order valence-corrected chi connectivity index (χ1v) is 7.69. The third kappa shape index (κ3) is 3.92. The van der Waals surface area contributed by atoms with Gasteiger partial charge in [0.2, 0.25) is 17.6 Å². The van der Waals surface area contributed by atoms with E-state index in [1.54, 1.807) is 6.20 Å². The van der Waals surface area contributed by atoms with Gasteiger partial charge in [0.1, 0.15) is 5.69 Å². The molecule has 0 spiro atoms. The fourth-order valence-corrected chi connectivity index (χ4v) is 2.56. The van der Waals surface area contributed by atoms with E-state index in [2.05, 4.69) is 15.1 Å². The molecule has 1 aliphatic heterocycles. The molecule has 0 N–H and O–H groups in total. The Morgan fingerprint density at radius 1 is 1.39 bits per heavy atom. The van der Waals surface area contributed by atoms with Gasteiger partial charge in [-0.25, -0.2) is 0 Å². The Hall–Kier alpha value is -2.28. The van der Waals surface area contributed by atoms with Gasteiger partial charge in [0.15, 0.2) is 0 Å². The third-order valence-electron chi connectivity index (χ3n) is 3.69. The van der Waals surface area contributed by atoms with E-state index in [1.807, 2.05) is 36.9 Å². The minimum Gasteiger partial charge on any atom is -0.372 e. The van der Waals surface area contributed by atoms with Gasteiger partial charge in [0, 0.05) is 32.1 Å². The lowest BCUT2D eigenvalue weighted by atomic mass is 10.1. The van der Waals surface area contributed by atoms with Crippen LogP contribution in [0.5, 0.6) is 0 Å². The van der Waals surface area contributed by atoms with Gasteiger partial charge in [-0.2, -0.15) is 4.98 Å². The van der Waals surface area contributed by atoms with E-state index < -0.39 is 0 Å². The molecule has 3 rings (SSSR count). The average Bonchev–Trinajstić information content (AvgIpc) is 3.01. The summed E-state index contributed by atoms with van der Waals surface area (Å²) in [5.41, 5.74) is 0.369. The van der Waals surface area contributed by atoms with E-state index in [-0.39, 0.29) is 11.5 Å². The maximum atomic E-state index is 12.3. The van der Waals surface area contributed by atoms with Gasteiger partial charge in [0.05, 0.1) is 12.2 Å². The summed E-state index contributed by atoms with van der Waals surface area (Å²) in [5, 5.41) is 3.91. The SMILES string of the molecule is CC1(C)CN(C(=O)CCc2nc(-c3ccccn3)no2)CCO1. The number of carbonyl (C=O) groups excluding carboxylic acids is 1. The minimum atomic E-state index is -0.287. The fraction of sp³-hybridized carbons (Fsp3) is 0.500. The maximum Gasteiger partial charge on any atom is 0.227 e. The topological polar surface area (TPSA) is 81.4 Å². The second-order valence-corrected chi connectivity index (χ2v) is 6.15. The van der Waals surface area contributed by atoms with E-state index in [0.29, 0.717) is 49.9 Å². The van der Waals surface area contributed by atoms with Gasteiger partial charge in [0.25, 0.3) is 0 Å². The number of hydrogen-bond acceptors (Lipinski definition) is 6. The fourth-order valence-electron chi connectivity index (χ4n) is 2.56. The molecule has 1 saturated heterocycles. The van der Waals surface area contributed by atoms with Crippen molar-refractivity contribution >= 4 is 5.91 Å². The van der Waals surface area contributed by atoms with Crippen LogP contribution in [0.25, 0.3) is 11.5 Å². The average molecular weight is 316 g/mol. The lowest BCUT2D eigenvalue weighted by Gasteiger charge is -2.38. The Kier molecular flexibility index (Phi) is 4.38. The van der Waals surface area contributed by atoms with Crippen LogP contribution in [0.15, 0.2) is 28.9 Å². The van der Waals surface area contributed by atoms with E-state index in [0.717, 1.165) is 0 Å². The van der Waals surface area contributed by atoms with Crippen molar-refractivity contribution in [1.82, 2.24) is 20.0 Å². The molecular weight excluding hydrogens is 296 g/mol. The molecule has 0 radical (unpaired) electrons. The number of morpholine rings is 1. The Bertz CT molecular complexity index is 669. The number of aromatic nitrogens is 3. The van der Waals surface area contributed by atoms with Crippen molar-refractivity contribution in [2.45, 2.75) is 32.3 Å². The van der Waals surface area contributed by atoms with E-state index in [9.17, 15) is 4.79 Å². The highest BCUT2D eigenvalue weighted by Crippen LogP contribution is 2.18. The summed E-state index contributed by atoms with van der Waals surface area (Å²) < 4.78 is 10.8. The maximum absolute atomic E-state index is 12.3. The summed E-state index contributed by atoms with van der Waals surface area (Å²) in [4.78, 5) is 22.6. The first kappa shape index (κ1) is 15.6. The number of aryl methyl sites for hydroxylation is 1. The molecule has 122 valence electrons. The second kappa shape index (κ2) is 6.45. The van der Waals surface area contributed by atoms with Crippen molar-refractivity contribution in [3.8, 4) is 11.5 Å². The first-order chi connectivity index (χ1) is 11.0. The molecule has 0 atom stereocenters. The van der Waals surface area contributed by atoms with Crippen molar-refractivity contribution in [3.05, 3.63) is 30.3 Å². The molecule has 2 aromatic heterocycles. The van der Waals surface area contributed by atoms with Gasteiger partial charge >= 0.3 is 0 Å². The highest BCUT2D eigenvalue weighted by molar-refractivity contribution is 5.76. The molecule has 2 aromatic rings. The van der Waals surface area contributed by atoms with E-state index in [1.165, 1.54) is 0 Å². The summed E-state index contributed by atoms with van der Waals surface area (Å²) in [6, 6.07) is 5.50. The summed E-state index contributed by atoms with van der Waals surface area (Å²) in [6.45, 7) is 5.79. The standard InChI is InChI=1S/C16H20N4O3/c1-16(2)11-20(9-10-22-16)14(21)7-6-13-18-15(19-23-13)12-5-3-4-8-17-12/h3-5,8H,6-7,9-11H2,1-2H3. The largest absolute Gasteiger partial charge is 0.372 e. The zero-order chi connectivity index (χ0) is 16.3. The summed E-state index contributed by atoms with van der Waals surface area (Å²) >= 11 is 0. The van der Waals surface area contributed by atoms with Crippen LogP contribution < -0.4 is 0 Å². The number of ether oxygens (including phenoxy) is 1. The summed E-state index contributed by atoms with van der Waals surface area (Å²) in [6.07, 6.45) is 2.45. The van der Waals surface area contributed by atoms with Gasteiger partial charge < -0.3 is 14.2 Å². The van der Waals surface area contributed by atoms with Crippen LogP contribution in [0.3, 0.4) is 0 Å². The molecule has 0 unspecified atom stereocenters. The van der Waals surface area contributed by atoms with Gasteiger partial charge in [-0.3, -0.25) is 9.78 Å². The Morgan fingerprint density at radius 2 is 2.26 bits per heavy atom.